The van der Waals surface area contributed by atoms with Crippen LogP contribution in [-0.2, 0) is 16.1 Å². The Hall–Kier alpha value is -2.04. The van der Waals surface area contributed by atoms with Crippen LogP contribution in [0.15, 0.2) is 30.3 Å². The summed E-state index contributed by atoms with van der Waals surface area (Å²) < 4.78 is 5.43. The molecular formula is C17H22N2O3. The zero-order valence-electron chi connectivity index (χ0n) is 13.0. The van der Waals surface area contributed by atoms with Crippen molar-refractivity contribution in [3.63, 3.8) is 0 Å². The van der Waals surface area contributed by atoms with Crippen LogP contribution in [0.3, 0.4) is 0 Å². The molecule has 1 aromatic carbocycles. The first-order chi connectivity index (χ1) is 10.6. The molecule has 22 heavy (non-hydrogen) atoms. The lowest BCUT2D eigenvalue weighted by Crippen LogP contribution is -2.44. The second-order valence-electron chi connectivity index (χ2n) is 6.40. The van der Waals surface area contributed by atoms with Crippen molar-refractivity contribution in [2.75, 3.05) is 6.54 Å². The fourth-order valence-electron chi connectivity index (χ4n) is 3.56. The van der Waals surface area contributed by atoms with E-state index in [1.807, 2.05) is 44.2 Å². The highest BCUT2D eigenvalue weighted by Gasteiger charge is 2.51. The number of nitrogens with zero attached hydrogens (tertiary/aromatic N) is 1. The maximum Gasteiger partial charge on any atom is 0.410 e. The van der Waals surface area contributed by atoms with Gasteiger partial charge in [0.15, 0.2) is 0 Å². The number of hydrogen-bond acceptors (Lipinski definition) is 3. The van der Waals surface area contributed by atoms with Crippen molar-refractivity contribution in [3.8, 4) is 0 Å². The summed E-state index contributed by atoms with van der Waals surface area (Å²) in [6.07, 6.45) is 0.485. The van der Waals surface area contributed by atoms with E-state index in [0.717, 1.165) is 12.0 Å². The number of fused-ring (bicyclic) bond motifs is 1. The molecule has 0 unspecified atom stereocenters. The van der Waals surface area contributed by atoms with Gasteiger partial charge in [-0.05, 0) is 17.9 Å². The quantitative estimate of drug-likeness (QED) is 0.931. The number of likely N-dealkylation sites (tertiary alicyclic amines) is 1. The van der Waals surface area contributed by atoms with E-state index < -0.39 is 0 Å². The van der Waals surface area contributed by atoms with Gasteiger partial charge in [0.1, 0.15) is 6.61 Å². The second-order valence-corrected chi connectivity index (χ2v) is 6.40. The average Bonchev–Trinajstić information content (AvgIpc) is 3.03. The first-order valence-electron chi connectivity index (χ1n) is 7.85. The molecule has 2 fully saturated rings. The first-order valence-corrected chi connectivity index (χ1v) is 7.85. The zero-order valence-corrected chi connectivity index (χ0v) is 13.0. The van der Waals surface area contributed by atoms with E-state index in [2.05, 4.69) is 5.32 Å². The molecule has 5 nitrogen and oxygen atoms in total. The first kappa shape index (κ1) is 14.9. The smallest absolute Gasteiger partial charge is 0.410 e. The molecule has 1 aromatic rings. The van der Waals surface area contributed by atoms with Crippen LogP contribution in [0.5, 0.6) is 0 Å². The lowest BCUT2D eigenvalue weighted by Gasteiger charge is -2.28. The molecule has 0 aliphatic carbocycles. The minimum absolute atomic E-state index is 0.0607. The Balaban J connectivity index is 1.66. The van der Waals surface area contributed by atoms with Crippen molar-refractivity contribution in [3.05, 3.63) is 35.9 Å². The van der Waals surface area contributed by atoms with Crippen molar-refractivity contribution in [1.29, 1.82) is 0 Å². The van der Waals surface area contributed by atoms with E-state index in [1.165, 1.54) is 0 Å². The van der Waals surface area contributed by atoms with E-state index in [1.54, 1.807) is 4.90 Å². The van der Waals surface area contributed by atoms with Crippen molar-refractivity contribution in [2.45, 2.75) is 39.0 Å². The third-order valence-electron chi connectivity index (χ3n) is 4.61. The number of benzene rings is 1. The van der Waals surface area contributed by atoms with Crippen LogP contribution < -0.4 is 5.32 Å². The maximum absolute atomic E-state index is 12.4. The molecule has 0 aromatic heterocycles. The minimum atomic E-state index is -0.321. The molecular weight excluding hydrogens is 280 g/mol. The van der Waals surface area contributed by atoms with E-state index >= 15 is 0 Å². The monoisotopic (exact) mass is 302 g/mol. The number of hydrogen-bond donors (Lipinski definition) is 1. The topological polar surface area (TPSA) is 58.6 Å². The number of carbonyl (C=O) groups is 2. The highest BCUT2D eigenvalue weighted by atomic mass is 16.6. The van der Waals surface area contributed by atoms with E-state index in [4.69, 9.17) is 4.74 Å². The van der Waals surface area contributed by atoms with Gasteiger partial charge in [0.05, 0.1) is 18.0 Å². The standard InChI is InChI=1S/C17H22N2O3/c1-11(2)14-15-13(18-16(14)20)8-9-19(15)17(21)22-10-12-6-4-3-5-7-12/h3-7,11,13-15H,8-10H2,1-2H3,(H,18,20)/t13-,14+,15-/m0/s1. The summed E-state index contributed by atoms with van der Waals surface area (Å²) in [7, 11) is 0. The lowest BCUT2D eigenvalue weighted by atomic mass is 9.88. The van der Waals surface area contributed by atoms with Crippen LogP contribution in [0.1, 0.15) is 25.8 Å². The van der Waals surface area contributed by atoms with Gasteiger partial charge in [0.2, 0.25) is 5.91 Å². The largest absolute Gasteiger partial charge is 0.445 e. The molecule has 2 amide bonds. The van der Waals surface area contributed by atoms with Gasteiger partial charge < -0.3 is 15.0 Å². The van der Waals surface area contributed by atoms with Gasteiger partial charge in [-0.15, -0.1) is 0 Å². The summed E-state index contributed by atoms with van der Waals surface area (Å²) in [6.45, 7) is 4.96. The van der Waals surface area contributed by atoms with E-state index in [9.17, 15) is 9.59 Å². The molecule has 2 saturated heterocycles. The number of rotatable bonds is 3. The van der Waals surface area contributed by atoms with E-state index in [0.29, 0.717) is 6.54 Å². The van der Waals surface area contributed by atoms with Crippen LogP contribution in [0.25, 0.3) is 0 Å². The molecule has 118 valence electrons. The number of carbonyl (C=O) groups excluding carboxylic acids is 2. The molecule has 0 saturated carbocycles. The fourth-order valence-corrected chi connectivity index (χ4v) is 3.56. The van der Waals surface area contributed by atoms with Crippen molar-refractivity contribution in [2.24, 2.45) is 11.8 Å². The van der Waals surface area contributed by atoms with Gasteiger partial charge >= 0.3 is 6.09 Å². The van der Waals surface area contributed by atoms with Crippen LogP contribution >= 0.6 is 0 Å². The van der Waals surface area contributed by atoms with Crippen LogP contribution in [0.2, 0.25) is 0 Å². The van der Waals surface area contributed by atoms with Crippen molar-refractivity contribution >= 4 is 12.0 Å². The van der Waals surface area contributed by atoms with Crippen LogP contribution in [0, 0.1) is 11.8 Å². The Labute approximate surface area is 130 Å². The second kappa shape index (κ2) is 5.99. The van der Waals surface area contributed by atoms with Crippen molar-refractivity contribution < 1.29 is 14.3 Å². The molecule has 2 aliphatic rings. The summed E-state index contributed by atoms with van der Waals surface area (Å²) in [5.41, 5.74) is 0.965. The Bertz CT molecular complexity index is 558. The lowest BCUT2D eigenvalue weighted by molar-refractivity contribution is -0.124. The SMILES string of the molecule is CC(C)[C@H]1C(=O)N[C@H]2CCN(C(=O)OCc3ccccc3)[C@@H]21. The zero-order chi connectivity index (χ0) is 15.7. The Morgan fingerprint density at radius 3 is 2.77 bits per heavy atom. The third-order valence-corrected chi connectivity index (χ3v) is 4.61. The number of nitrogens with one attached hydrogen (secondary N) is 1. The third kappa shape index (κ3) is 2.67. The van der Waals surface area contributed by atoms with Crippen molar-refractivity contribution in [1.82, 2.24) is 10.2 Å². The highest BCUT2D eigenvalue weighted by Crippen LogP contribution is 2.34. The molecule has 5 heteroatoms. The predicted octanol–water partition coefficient (Wildman–Crippen LogP) is 2.17. The molecule has 0 radical (unpaired) electrons. The van der Waals surface area contributed by atoms with Gasteiger partial charge in [0, 0.05) is 6.54 Å². The Kier molecular flexibility index (Phi) is 4.05. The van der Waals surface area contributed by atoms with Gasteiger partial charge in [-0.25, -0.2) is 4.79 Å². The van der Waals surface area contributed by atoms with Gasteiger partial charge in [-0.2, -0.15) is 0 Å². The molecule has 2 aliphatic heterocycles. The Morgan fingerprint density at radius 2 is 2.09 bits per heavy atom. The number of ether oxygens (including phenoxy) is 1. The molecule has 2 heterocycles. The molecule has 0 bridgehead atoms. The summed E-state index contributed by atoms with van der Waals surface area (Å²) >= 11 is 0. The normalized spacial score (nSPS) is 27.0. The summed E-state index contributed by atoms with van der Waals surface area (Å²) in [5, 5.41) is 3.02. The van der Waals surface area contributed by atoms with Gasteiger partial charge in [-0.1, -0.05) is 44.2 Å². The molecule has 0 spiro atoms. The maximum atomic E-state index is 12.4. The predicted molar refractivity (Wildman–Crippen MR) is 82.0 cm³/mol. The van der Waals surface area contributed by atoms with E-state index in [-0.39, 0.29) is 42.5 Å². The Morgan fingerprint density at radius 1 is 1.36 bits per heavy atom. The molecule has 1 N–H and O–H groups in total. The fraction of sp³-hybridized carbons (Fsp3) is 0.529. The summed E-state index contributed by atoms with van der Waals surface area (Å²) in [4.78, 5) is 26.2. The molecule has 3 rings (SSSR count). The minimum Gasteiger partial charge on any atom is -0.445 e. The summed E-state index contributed by atoms with van der Waals surface area (Å²) in [5.74, 6) is 0.125. The number of amides is 2. The summed E-state index contributed by atoms with van der Waals surface area (Å²) in [6, 6.07) is 9.63. The van der Waals surface area contributed by atoms with Gasteiger partial charge in [-0.3, -0.25) is 4.79 Å². The van der Waals surface area contributed by atoms with Crippen LogP contribution in [-0.4, -0.2) is 35.5 Å². The van der Waals surface area contributed by atoms with Gasteiger partial charge in [0.25, 0.3) is 0 Å². The van der Waals surface area contributed by atoms with Crippen LogP contribution in [0.4, 0.5) is 4.79 Å². The average molecular weight is 302 g/mol. The highest BCUT2D eigenvalue weighted by molar-refractivity contribution is 5.84. The molecule has 3 atom stereocenters.